The van der Waals surface area contributed by atoms with Crippen LogP contribution in [0.15, 0.2) is 34.3 Å². The molecule has 0 saturated heterocycles. The lowest BCUT2D eigenvalue weighted by atomic mass is 10.0. The molecule has 1 aliphatic heterocycles. The summed E-state index contributed by atoms with van der Waals surface area (Å²) in [4.78, 5) is 12.4. The fraction of sp³-hybridized carbons (Fsp3) is 0.526. The highest BCUT2D eigenvalue weighted by Gasteiger charge is 2.33. The molecule has 0 aromatic carbocycles. The summed E-state index contributed by atoms with van der Waals surface area (Å²) in [7, 11) is 0. The van der Waals surface area contributed by atoms with Crippen LogP contribution in [0.2, 0.25) is 0 Å². The summed E-state index contributed by atoms with van der Waals surface area (Å²) in [5.41, 5.74) is -0.531. The molecule has 0 fully saturated rings. The Morgan fingerprint density at radius 2 is 1.76 bits per heavy atom. The van der Waals surface area contributed by atoms with Crippen molar-refractivity contribution in [3.63, 3.8) is 0 Å². The van der Waals surface area contributed by atoms with E-state index >= 15 is 0 Å². The lowest BCUT2D eigenvalue weighted by molar-refractivity contribution is -0.141. The Morgan fingerprint density at radius 1 is 1.10 bits per heavy atom. The van der Waals surface area contributed by atoms with E-state index in [-0.39, 0.29) is 30.7 Å². The minimum atomic E-state index is -4.56. The topological polar surface area (TPSA) is 102 Å². The number of aliphatic imine (C=N–C) groups is 2. The Morgan fingerprint density at radius 3 is 2.34 bits per heavy atom. The minimum Gasteiger partial charge on any atom is -0.391 e. The minimum absolute atomic E-state index is 0.0824. The Labute approximate surface area is 167 Å². The van der Waals surface area contributed by atoms with E-state index in [1.807, 2.05) is 6.92 Å². The van der Waals surface area contributed by atoms with Crippen molar-refractivity contribution in [3.8, 4) is 0 Å². The molecule has 3 atom stereocenters. The van der Waals surface area contributed by atoms with Gasteiger partial charge in [0.15, 0.2) is 0 Å². The highest BCUT2D eigenvalue weighted by Crippen LogP contribution is 2.28. The molecule has 2 rings (SSSR count). The van der Waals surface area contributed by atoms with Crippen LogP contribution in [0, 0.1) is 5.92 Å². The lowest BCUT2D eigenvalue weighted by Gasteiger charge is -2.15. The highest BCUT2D eigenvalue weighted by molar-refractivity contribution is 6.06. The molecule has 7 nitrogen and oxygen atoms in total. The first kappa shape index (κ1) is 22.8. The van der Waals surface area contributed by atoms with Crippen molar-refractivity contribution in [3.05, 3.63) is 35.7 Å². The number of aliphatic hydroxyl groups excluding tert-OH is 2. The van der Waals surface area contributed by atoms with Gasteiger partial charge in [0.2, 0.25) is 5.96 Å². The third-order valence-electron chi connectivity index (χ3n) is 4.01. The van der Waals surface area contributed by atoms with E-state index in [1.165, 1.54) is 12.1 Å². The third-order valence-corrected chi connectivity index (χ3v) is 4.01. The van der Waals surface area contributed by atoms with Gasteiger partial charge in [0.05, 0.1) is 36.7 Å². The van der Waals surface area contributed by atoms with Crippen LogP contribution >= 0.6 is 0 Å². The summed E-state index contributed by atoms with van der Waals surface area (Å²) in [5.74, 6) is 0.496. The number of nitrogens with zero attached hydrogens (tertiary/aromatic N) is 3. The first-order valence-corrected chi connectivity index (χ1v) is 9.35. The highest BCUT2D eigenvalue weighted by atomic mass is 19.4. The van der Waals surface area contributed by atoms with Gasteiger partial charge in [-0.3, -0.25) is 4.99 Å². The quantitative estimate of drug-likeness (QED) is 0.573. The molecule has 0 aliphatic carbocycles. The number of amidine groups is 1. The second kappa shape index (κ2) is 9.84. The molecule has 2 heterocycles. The number of alkyl halides is 3. The van der Waals surface area contributed by atoms with Crippen LogP contribution in [0.5, 0.6) is 0 Å². The summed E-state index contributed by atoms with van der Waals surface area (Å²) in [6, 6.07) is 3.68. The van der Waals surface area contributed by atoms with E-state index in [1.54, 1.807) is 19.9 Å². The van der Waals surface area contributed by atoms with E-state index in [2.05, 4.69) is 25.6 Å². The van der Waals surface area contributed by atoms with Crippen molar-refractivity contribution < 1.29 is 23.4 Å². The summed E-state index contributed by atoms with van der Waals surface area (Å²) in [6.45, 7) is 5.34. The van der Waals surface area contributed by atoms with Crippen molar-refractivity contribution in [2.75, 3.05) is 13.1 Å². The van der Waals surface area contributed by atoms with Crippen LogP contribution in [-0.4, -0.2) is 52.3 Å². The molecule has 3 unspecified atom stereocenters. The first-order valence-electron chi connectivity index (χ1n) is 9.35. The summed E-state index contributed by atoms with van der Waals surface area (Å²) in [5, 5.41) is 25.1. The summed E-state index contributed by atoms with van der Waals surface area (Å²) >= 11 is 0. The van der Waals surface area contributed by atoms with Crippen LogP contribution in [0.1, 0.15) is 38.6 Å². The molecule has 10 heteroatoms. The fourth-order valence-corrected chi connectivity index (χ4v) is 2.59. The zero-order chi connectivity index (χ0) is 21.6. The normalized spacial score (nSPS) is 22.5. The zero-order valence-electron chi connectivity index (χ0n) is 16.5. The van der Waals surface area contributed by atoms with E-state index in [9.17, 15) is 23.4 Å². The number of pyridine rings is 1. The standard InChI is InChI=1S/C19H26F3N5O2/c1-4-13-8-15(14-6-5-7-16(25-14)19(20,21)22)26-18(24-10-12(3)29)27-17(13)23-9-11(2)28/h5-8,11-13,28-29H,4,9-10H2,1-3H3,(H2,23,24,26,27). The fourth-order valence-electron chi connectivity index (χ4n) is 2.59. The maximum Gasteiger partial charge on any atom is 0.433 e. The molecule has 0 radical (unpaired) electrons. The molecule has 1 aromatic rings. The van der Waals surface area contributed by atoms with Crippen molar-refractivity contribution >= 4 is 17.5 Å². The van der Waals surface area contributed by atoms with Crippen LogP contribution in [0.3, 0.4) is 0 Å². The number of guanidine groups is 1. The smallest absolute Gasteiger partial charge is 0.391 e. The molecule has 160 valence electrons. The third kappa shape index (κ3) is 6.82. The van der Waals surface area contributed by atoms with Crippen molar-refractivity contribution in [1.29, 1.82) is 0 Å². The maximum atomic E-state index is 13.1. The van der Waals surface area contributed by atoms with Crippen LogP contribution < -0.4 is 10.6 Å². The molecule has 1 aliphatic rings. The molecular formula is C19H26F3N5O2. The Bertz CT molecular complexity index is 788. The summed E-state index contributed by atoms with van der Waals surface area (Å²) < 4.78 is 39.2. The maximum absolute atomic E-state index is 13.1. The molecule has 0 spiro atoms. The number of nitrogens with one attached hydrogen (secondary N) is 2. The van der Waals surface area contributed by atoms with Gasteiger partial charge < -0.3 is 20.8 Å². The van der Waals surface area contributed by atoms with Gasteiger partial charge in [0, 0.05) is 5.92 Å². The van der Waals surface area contributed by atoms with Crippen molar-refractivity contribution in [2.45, 2.75) is 45.6 Å². The van der Waals surface area contributed by atoms with Gasteiger partial charge in [-0.25, -0.2) is 9.98 Å². The molecule has 0 amide bonds. The van der Waals surface area contributed by atoms with Gasteiger partial charge in [-0.05, 0) is 38.5 Å². The van der Waals surface area contributed by atoms with E-state index in [4.69, 9.17) is 0 Å². The SMILES string of the molecule is CCC1C=C(c2cccc(C(F)(F)F)n2)NC(=NCC(C)O)NC1=NCC(C)O. The van der Waals surface area contributed by atoms with Crippen molar-refractivity contribution in [2.24, 2.45) is 15.9 Å². The predicted octanol–water partition coefficient (Wildman–Crippen LogP) is 2.18. The molecule has 29 heavy (non-hydrogen) atoms. The first-order chi connectivity index (χ1) is 13.6. The zero-order valence-corrected chi connectivity index (χ0v) is 16.5. The van der Waals surface area contributed by atoms with Gasteiger partial charge in [-0.15, -0.1) is 0 Å². The second-order valence-electron chi connectivity index (χ2n) is 6.86. The van der Waals surface area contributed by atoms with Crippen LogP contribution in [0.25, 0.3) is 5.70 Å². The number of hydrogen-bond acceptors (Lipinski definition) is 5. The predicted molar refractivity (Wildman–Crippen MR) is 105 cm³/mol. The monoisotopic (exact) mass is 413 g/mol. The number of aromatic nitrogens is 1. The average molecular weight is 413 g/mol. The van der Waals surface area contributed by atoms with Gasteiger partial charge in [-0.1, -0.05) is 13.0 Å². The Kier molecular flexibility index (Phi) is 7.74. The van der Waals surface area contributed by atoms with Crippen LogP contribution in [-0.2, 0) is 6.18 Å². The van der Waals surface area contributed by atoms with E-state index in [0.717, 1.165) is 6.07 Å². The molecule has 0 saturated carbocycles. The van der Waals surface area contributed by atoms with Gasteiger partial charge in [-0.2, -0.15) is 13.2 Å². The molecule has 4 N–H and O–H groups in total. The van der Waals surface area contributed by atoms with Crippen molar-refractivity contribution in [1.82, 2.24) is 15.6 Å². The van der Waals surface area contributed by atoms with Gasteiger partial charge in [0.1, 0.15) is 11.5 Å². The second-order valence-corrected chi connectivity index (χ2v) is 6.86. The van der Waals surface area contributed by atoms with Gasteiger partial charge >= 0.3 is 6.18 Å². The molecule has 0 bridgehead atoms. The van der Waals surface area contributed by atoms with E-state index < -0.39 is 24.1 Å². The molecular weight excluding hydrogens is 387 g/mol. The van der Waals surface area contributed by atoms with E-state index in [0.29, 0.717) is 18.0 Å². The Hall–Kier alpha value is -2.46. The van der Waals surface area contributed by atoms with Gasteiger partial charge in [0.25, 0.3) is 0 Å². The summed E-state index contributed by atoms with van der Waals surface area (Å²) in [6.07, 6.45) is -3.56. The number of aliphatic hydroxyl groups is 2. The average Bonchev–Trinajstić information content (AvgIpc) is 2.83. The Balaban J connectivity index is 2.49. The lowest BCUT2D eigenvalue weighted by Crippen LogP contribution is -2.41. The molecule has 1 aromatic heterocycles. The number of rotatable bonds is 6. The number of halogens is 3. The van der Waals surface area contributed by atoms with Crippen LogP contribution in [0.4, 0.5) is 13.2 Å². The number of hydrogen-bond donors (Lipinski definition) is 4. The largest absolute Gasteiger partial charge is 0.433 e.